The fourth-order valence-corrected chi connectivity index (χ4v) is 4.52. The molecule has 3 heterocycles. The molecule has 2 fully saturated rings. The van der Waals surface area contributed by atoms with Gasteiger partial charge in [0, 0.05) is 18.8 Å². The third-order valence-corrected chi connectivity index (χ3v) is 6.10. The van der Waals surface area contributed by atoms with E-state index in [2.05, 4.69) is 22.1 Å². The van der Waals surface area contributed by atoms with Crippen LogP contribution in [0.4, 0.5) is 21.0 Å². The van der Waals surface area contributed by atoms with E-state index in [0.717, 1.165) is 42.9 Å². The molecule has 2 aliphatic heterocycles. The van der Waals surface area contributed by atoms with E-state index in [1.165, 1.54) is 5.56 Å². The summed E-state index contributed by atoms with van der Waals surface area (Å²) in [6.45, 7) is 4.35. The largest absolute Gasteiger partial charge is 0.447 e. The van der Waals surface area contributed by atoms with Crippen LogP contribution in [-0.2, 0) is 4.74 Å². The Bertz CT molecular complexity index is 829. The quantitative estimate of drug-likeness (QED) is 0.850. The Balaban J connectivity index is 1.41. The summed E-state index contributed by atoms with van der Waals surface area (Å²) in [6.07, 6.45) is 1.64. The van der Waals surface area contributed by atoms with Crippen molar-refractivity contribution in [1.82, 2.24) is 4.90 Å². The number of urea groups is 1. The second-order valence-electron chi connectivity index (χ2n) is 6.96. The van der Waals surface area contributed by atoms with Crippen molar-refractivity contribution >= 4 is 34.8 Å². The number of rotatable bonds is 3. The summed E-state index contributed by atoms with van der Waals surface area (Å²) in [6, 6.07) is 7.71. The number of anilines is 2. The second kappa shape index (κ2) is 7.60. The molecule has 2 saturated heterocycles. The Morgan fingerprint density at radius 3 is 2.70 bits per heavy atom. The van der Waals surface area contributed by atoms with Crippen LogP contribution in [0.2, 0.25) is 0 Å². The van der Waals surface area contributed by atoms with Crippen molar-refractivity contribution in [2.45, 2.75) is 25.7 Å². The first kappa shape index (κ1) is 17.9. The van der Waals surface area contributed by atoms with E-state index in [1.807, 2.05) is 30.0 Å². The highest BCUT2D eigenvalue weighted by atomic mass is 32.1. The van der Waals surface area contributed by atoms with Crippen molar-refractivity contribution < 1.29 is 14.3 Å². The summed E-state index contributed by atoms with van der Waals surface area (Å²) in [5, 5.41) is 7.34. The van der Waals surface area contributed by atoms with Gasteiger partial charge in [-0.25, -0.2) is 9.59 Å². The van der Waals surface area contributed by atoms with E-state index < -0.39 is 0 Å². The standard InChI is InChI=1S/C20H23N3O3S/c1-14-17(3-2-4-18(14)23-10-11-26-20(23)25)21-19(24)22-8-5-15(6-9-22)16-7-12-27-13-16/h2-4,7,12-13,15H,5-6,8-11H2,1H3,(H,21,24). The number of carbonyl (C=O) groups is 2. The first-order valence-corrected chi connectivity index (χ1v) is 10.2. The van der Waals surface area contributed by atoms with Gasteiger partial charge in [-0.3, -0.25) is 4.90 Å². The number of carbonyl (C=O) groups excluding carboxylic acids is 2. The SMILES string of the molecule is Cc1c(NC(=O)N2CCC(c3ccsc3)CC2)cccc1N1CCOC1=O. The number of ether oxygens (including phenoxy) is 1. The number of hydrogen-bond donors (Lipinski definition) is 1. The lowest BCUT2D eigenvalue weighted by Gasteiger charge is -2.32. The molecule has 3 amide bonds. The summed E-state index contributed by atoms with van der Waals surface area (Å²) >= 11 is 1.73. The maximum absolute atomic E-state index is 12.7. The van der Waals surface area contributed by atoms with Gasteiger partial charge in [-0.2, -0.15) is 11.3 Å². The number of benzene rings is 1. The smallest absolute Gasteiger partial charge is 0.414 e. The number of nitrogens with zero attached hydrogens (tertiary/aromatic N) is 2. The van der Waals surface area contributed by atoms with Crippen molar-refractivity contribution in [1.29, 1.82) is 0 Å². The monoisotopic (exact) mass is 385 g/mol. The van der Waals surface area contributed by atoms with Gasteiger partial charge in [0.15, 0.2) is 0 Å². The van der Waals surface area contributed by atoms with Gasteiger partial charge < -0.3 is 15.0 Å². The molecule has 0 atom stereocenters. The van der Waals surface area contributed by atoms with E-state index in [0.29, 0.717) is 19.1 Å². The highest BCUT2D eigenvalue weighted by molar-refractivity contribution is 7.08. The molecule has 2 aromatic rings. The van der Waals surface area contributed by atoms with Gasteiger partial charge >= 0.3 is 12.1 Å². The Morgan fingerprint density at radius 1 is 1.22 bits per heavy atom. The molecule has 0 spiro atoms. The van der Waals surface area contributed by atoms with Gasteiger partial charge in [-0.1, -0.05) is 6.07 Å². The van der Waals surface area contributed by atoms with Gasteiger partial charge in [-0.15, -0.1) is 0 Å². The molecular formula is C20H23N3O3S. The second-order valence-corrected chi connectivity index (χ2v) is 7.74. The van der Waals surface area contributed by atoms with Crippen molar-refractivity contribution in [3.05, 3.63) is 46.2 Å². The highest BCUT2D eigenvalue weighted by Crippen LogP contribution is 2.31. The summed E-state index contributed by atoms with van der Waals surface area (Å²) in [4.78, 5) is 28.0. The maximum atomic E-state index is 12.7. The topological polar surface area (TPSA) is 61.9 Å². The molecule has 142 valence electrons. The molecule has 4 rings (SSSR count). The van der Waals surface area contributed by atoms with Crippen molar-refractivity contribution in [3.8, 4) is 0 Å². The summed E-state index contributed by atoms with van der Waals surface area (Å²) in [5.74, 6) is 0.548. The number of amides is 3. The predicted molar refractivity (Wildman–Crippen MR) is 107 cm³/mol. The molecule has 1 N–H and O–H groups in total. The third kappa shape index (κ3) is 3.64. The molecule has 0 radical (unpaired) electrons. The van der Waals surface area contributed by atoms with Crippen LogP contribution in [-0.4, -0.2) is 43.3 Å². The fourth-order valence-electron chi connectivity index (χ4n) is 3.78. The number of piperidine rings is 1. The average molecular weight is 385 g/mol. The average Bonchev–Trinajstić information content (AvgIpc) is 3.35. The Hall–Kier alpha value is -2.54. The molecule has 0 saturated carbocycles. The van der Waals surface area contributed by atoms with E-state index in [-0.39, 0.29) is 12.1 Å². The Labute approximate surface area is 162 Å². The lowest BCUT2D eigenvalue weighted by Crippen LogP contribution is -2.40. The first-order chi connectivity index (χ1) is 13.1. The predicted octanol–water partition coefficient (Wildman–Crippen LogP) is 4.42. The van der Waals surface area contributed by atoms with Crippen LogP contribution < -0.4 is 10.2 Å². The number of hydrogen-bond acceptors (Lipinski definition) is 4. The molecular weight excluding hydrogens is 362 g/mol. The van der Waals surface area contributed by atoms with Gasteiger partial charge in [0.25, 0.3) is 0 Å². The highest BCUT2D eigenvalue weighted by Gasteiger charge is 2.27. The number of thiophene rings is 1. The van der Waals surface area contributed by atoms with Crippen LogP contribution in [0.1, 0.15) is 29.9 Å². The van der Waals surface area contributed by atoms with Crippen LogP contribution in [0.25, 0.3) is 0 Å². The normalized spacial score (nSPS) is 17.9. The number of cyclic esters (lactones) is 1. The zero-order chi connectivity index (χ0) is 18.8. The van der Waals surface area contributed by atoms with Crippen LogP contribution >= 0.6 is 11.3 Å². The molecule has 2 aliphatic rings. The maximum Gasteiger partial charge on any atom is 0.414 e. The van der Waals surface area contributed by atoms with Crippen molar-refractivity contribution in [3.63, 3.8) is 0 Å². The molecule has 0 aliphatic carbocycles. The third-order valence-electron chi connectivity index (χ3n) is 5.40. The molecule has 0 unspecified atom stereocenters. The number of likely N-dealkylation sites (tertiary alicyclic amines) is 1. The first-order valence-electron chi connectivity index (χ1n) is 9.25. The zero-order valence-corrected chi connectivity index (χ0v) is 16.1. The minimum atomic E-state index is -0.336. The van der Waals surface area contributed by atoms with E-state index in [4.69, 9.17) is 4.74 Å². The molecule has 0 bridgehead atoms. The van der Waals surface area contributed by atoms with Crippen LogP contribution in [0.5, 0.6) is 0 Å². The Kier molecular flexibility index (Phi) is 5.03. The van der Waals surface area contributed by atoms with Gasteiger partial charge in [0.1, 0.15) is 6.61 Å². The summed E-state index contributed by atoms with van der Waals surface area (Å²) in [7, 11) is 0. The van der Waals surface area contributed by atoms with Crippen LogP contribution in [0, 0.1) is 6.92 Å². The van der Waals surface area contributed by atoms with E-state index in [1.54, 1.807) is 16.2 Å². The molecule has 7 heteroatoms. The summed E-state index contributed by atoms with van der Waals surface area (Å²) < 4.78 is 5.02. The van der Waals surface area contributed by atoms with Gasteiger partial charge in [0.05, 0.1) is 12.2 Å². The molecule has 6 nitrogen and oxygen atoms in total. The lowest BCUT2D eigenvalue weighted by atomic mass is 9.91. The lowest BCUT2D eigenvalue weighted by molar-refractivity contribution is 0.181. The zero-order valence-electron chi connectivity index (χ0n) is 15.3. The van der Waals surface area contributed by atoms with Gasteiger partial charge in [-0.05, 0) is 65.8 Å². The van der Waals surface area contributed by atoms with Crippen LogP contribution in [0.3, 0.4) is 0 Å². The minimum absolute atomic E-state index is 0.0805. The fraction of sp³-hybridized carbons (Fsp3) is 0.400. The molecule has 1 aromatic heterocycles. The van der Waals surface area contributed by atoms with Crippen molar-refractivity contribution in [2.75, 3.05) is 36.5 Å². The number of nitrogens with one attached hydrogen (secondary N) is 1. The molecule has 27 heavy (non-hydrogen) atoms. The van der Waals surface area contributed by atoms with Crippen molar-refractivity contribution in [2.24, 2.45) is 0 Å². The van der Waals surface area contributed by atoms with E-state index >= 15 is 0 Å². The van der Waals surface area contributed by atoms with Gasteiger partial charge in [0.2, 0.25) is 0 Å². The summed E-state index contributed by atoms with van der Waals surface area (Å²) in [5.41, 5.74) is 3.78. The molecule has 1 aromatic carbocycles. The minimum Gasteiger partial charge on any atom is -0.447 e. The van der Waals surface area contributed by atoms with E-state index in [9.17, 15) is 9.59 Å². The Morgan fingerprint density at radius 2 is 2.04 bits per heavy atom. The van der Waals surface area contributed by atoms with Crippen LogP contribution in [0.15, 0.2) is 35.0 Å².